The highest BCUT2D eigenvalue weighted by Crippen LogP contribution is 2.36. The molecule has 0 aliphatic carbocycles. The normalized spacial score (nSPS) is 11.2. The monoisotopic (exact) mass is 297 g/mol. The second-order valence-corrected chi connectivity index (χ2v) is 6.45. The number of para-hydroxylation sites is 1. The zero-order chi connectivity index (χ0) is 13.5. The molecule has 0 unspecified atom stereocenters. The summed E-state index contributed by atoms with van der Waals surface area (Å²) in [6, 6.07) is 12.4. The van der Waals surface area contributed by atoms with Crippen LogP contribution in [0.3, 0.4) is 0 Å². The maximum atomic E-state index is 4.69. The van der Waals surface area contributed by atoms with E-state index in [0.717, 1.165) is 27.4 Å². The minimum Gasteiger partial charge on any atom is -0.373 e. The second kappa shape index (κ2) is 4.54. The fourth-order valence-electron chi connectivity index (χ4n) is 2.25. The zero-order valence-electron chi connectivity index (χ0n) is 10.8. The predicted molar refractivity (Wildman–Crippen MR) is 87.8 cm³/mol. The molecule has 3 nitrogen and oxygen atoms in total. The number of nitrogens with one attached hydrogen (secondary N) is 1. The molecule has 0 saturated carbocycles. The molecule has 0 fully saturated rings. The van der Waals surface area contributed by atoms with Gasteiger partial charge < -0.3 is 5.32 Å². The standard InChI is InChI=1S/C15H11N3S2/c1-16-14-9-4-2-3-5-10(9)17-15(18-14)13-8-12-11(20-13)6-7-19-12/h2-8H,1H3,(H,16,17,18). The van der Waals surface area contributed by atoms with Crippen LogP contribution in [0.25, 0.3) is 31.0 Å². The van der Waals surface area contributed by atoms with E-state index < -0.39 is 0 Å². The maximum Gasteiger partial charge on any atom is 0.172 e. The Labute approximate surface area is 123 Å². The van der Waals surface area contributed by atoms with Gasteiger partial charge in [-0.25, -0.2) is 9.97 Å². The van der Waals surface area contributed by atoms with Crippen molar-refractivity contribution in [2.24, 2.45) is 0 Å². The van der Waals surface area contributed by atoms with Crippen molar-refractivity contribution in [2.45, 2.75) is 0 Å². The Morgan fingerprint density at radius 3 is 2.80 bits per heavy atom. The molecule has 4 aromatic rings. The molecule has 0 bridgehead atoms. The van der Waals surface area contributed by atoms with Gasteiger partial charge in [0.25, 0.3) is 0 Å². The van der Waals surface area contributed by atoms with Crippen molar-refractivity contribution in [3.8, 4) is 10.7 Å². The largest absolute Gasteiger partial charge is 0.373 e. The molecule has 98 valence electrons. The van der Waals surface area contributed by atoms with E-state index >= 15 is 0 Å². The van der Waals surface area contributed by atoms with Crippen molar-refractivity contribution >= 4 is 48.8 Å². The molecule has 1 aromatic carbocycles. The highest BCUT2D eigenvalue weighted by Gasteiger charge is 2.11. The van der Waals surface area contributed by atoms with Crippen LogP contribution in [-0.4, -0.2) is 17.0 Å². The molecule has 20 heavy (non-hydrogen) atoms. The lowest BCUT2D eigenvalue weighted by atomic mass is 10.2. The first kappa shape index (κ1) is 11.8. The number of anilines is 1. The van der Waals surface area contributed by atoms with E-state index in [1.807, 2.05) is 31.3 Å². The molecule has 0 atom stereocenters. The highest BCUT2D eigenvalue weighted by molar-refractivity contribution is 7.28. The summed E-state index contributed by atoms with van der Waals surface area (Å²) in [5, 5.41) is 6.33. The Bertz CT molecular complexity index is 879. The van der Waals surface area contributed by atoms with Crippen molar-refractivity contribution in [1.29, 1.82) is 0 Å². The van der Waals surface area contributed by atoms with E-state index in [-0.39, 0.29) is 0 Å². The van der Waals surface area contributed by atoms with Crippen molar-refractivity contribution < 1.29 is 0 Å². The molecule has 0 radical (unpaired) electrons. The predicted octanol–water partition coefficient (Wildman–Crippen LogP) is 4.61. The van der Waals surface area contributed by atoms with Crippen molar-refractivity contribution in [2.75, 3.05) is 12.4 Å². The third-order valence-corrected chi connectivity index (χ3v) is 5.29. The number of nitrogens with zero attached hydrogens (tertiary/aromatic N) is 2. The van der Waals surface area contributed by atoms with Gasteiger partial charge in [0, 0.05) is 21.8 Å². The molecule has 3 aromatic heterocycles. The van der Waals surface area contributed by atoms with E-state index in [1.54, 1.807) is 22.7 Å². The van der Waals surface area contributed by atoms with Gasteiger partial charge in [0.2, 0.25) is 0 Å². The van der Waals surface area contributed by atoms with E-state index in [4.69, 9.17) is 4.98 Å². The van der Waals surface area contributed by atoms with Gasteiger partial charge in [-0.05, 0) is 29.6 Å². The van der Waals surface area contributed by atoms with Gasteiger partial charge in [-0.1, -0.05) is 12.1 Å². The Kier molecular flexibility index (Phi) is 2.68. The quantitative estimate of drug-likeness (QED) is 0.587. The molecule has 0 saturated heterocycles. The van der Waals surface area contributed by atoms with E-state index in [0.29, 0.717) is 0 Å². The highest BCUT2D eigenvalue weighted by atomic mass is 32.1. The lowest BCUT2D eigenvalue weighted by Gasteiger charge is -2.06. The molecule has 4 rings (SSSR count). The van der Waals surface area contributed by atoms with Crippen LogP contribution in [0.15, 0.2) is 41.8 Å². The van der Waals surface area contributed by atoms with Gasteiger partial charge in [-0.15, -0.1) is 22.7 Å². The van der Waals surface area contributed by atoms with Gasteiger partial charge in [0.05, 0.1) is 10.4 Å². The van der Waals surface area contributed by atoms with Crippen molar-refractivity contribution in [1.82, 2.24) is 9.97 Å². The summed E-state index contributed by atoms with van der Waals surface area (Å²) < 4.78 is 2.60. The van der Waals surface area contributed by atoms with E-state index in [9.17, 15) is 0 Å². The Morgan fingerprint density at radius 1 is 1.05 bits per heavy atom. The fraction of sp³-hybridized carbons (Fsp3) is 0.0667. The van der Waals surface area contributed by atoms with E-state index in [2.05, 4.69) is 27.8 Å². The number of rotatable bonds is 2. The third-order valence-electron chi connectivity index (χ3n) is 3.20. The summed E-state index contributed by atoms with van der Waals surface area (Å²) in [6.45, 7) is 0. The molecular weight excluding hydrogens is 286 g/mol. The minimum atomic E-state index is 0.793. The van der Waals surface area contributed by atoms with Crippen molar-refractivity contribution in [3.63, 3.8) is 0 Å². The number of thiophene rings is 2. The summed E-state index contributed by atoms with van der Waals surface area (Å²) in [5.41, 5.74) is 0.971. The number of hydrogen-bond donors (Lipinski definition) is 1. The van der Waals surface area contributed by atoms with Crippen LogP contribution >= 0.6 is 22.7 Å². The first-order valence-electron chi connectivity index (χ1n) is 6.27. The molecule has 0 aliphatic rings. The van der Waals surface area contributed by atoms with Gasteiger partial charge >= 0.3 is 0 Å². The number of fused-ring (bicyclic) bond motifs is 2. The summed E-state index contributed by atoms with van der Waals surface area (Å²) in [6.07, 6.45) is 0. The minimum absolute atomic E-state index is 0.793. The number of hydrogen-bond acceptors (Lipinski definition) is 5. The smallest absolute Gasteiger partial charge is 0.172 e. The van der Waals surface area contributed by atoms with Crippen LogP contribution in [0.1, 0.15) is 0 Å². The topological polar surface area (TPSA) is 37.8 Å². The van der Waals surface area contributed by atoms with Crippen LogP contribution in [-0.2, 0) is 0 Å². The molecule has 0 aliphatic heterocycles. The average Bonchev–Trinajstić information content (AvgIpc) is 3.07. The van der Waals surface area contributed by atoms with Crippen LogP contribution in [0.4, 0.5) is 5.82 Å². The lowest BCUT2D eigenvalue weighted by molar-refractivity contribution is 1.22. The molecule has 5 heteroatoms. The van der Waals surface area contributed by atoms with E-state index in [1.165, 1.54) is 9.40 Å². The van der Waals surface area contributed by atoms with Crippen LogP contribution in [0.5, 0.6) is 0 Å². The van der Waals surface area contributed by atoms with Gasteiger partial charge in [0.15, 0.2) is 5.82 Å². The average molecular weight is 297 g/mol. The first-order valence-corrected chi connectivity index (χ1v) is 7.97. The molecular formula is C15H11N3S2. The molecule has 1 N–H and O–H groups in total. The number of aromatic nitrogens is 2. The maximum absolute atomic E-state index is 4.69. The summed E-state index contributed by atoms with van der Waals surface area (Å²) in [4.78, 5) is 10.5. The lowest BCUT2D eigenvalue weighted by Crippen LogP contribution is -1.97. The molecule has 3 heterocycles. The van der Waals surface area contributed by atoms with Gasteiger partial charge in [0.1, 0.15) is 5.82 Å². The third kappa shape index (κ3) is 1.78. The van der Waals surface area contributed by atoms with Gasteiger partial charge in [-0.3, -0.25) is 0 Å². The second-order valence-electron chi connectivity index (χ2n) is 4.42. The summed E-state index contributed by atoms with van der Waals surface area (Å²) in [5.74, 6) is 1.67. The molecule has 0 spiro atoms. The fourth-order valence-corrected chi connectivity index (χ4v) is 4.30. The van der Waals surface area contributed by atoms with Gasteiger partial charge in [-0.2, -0.15) is 0 Å². The first-order chi connectivity index (χ1) is 9.85. The zero-order valence-corrected chi connectivity index (χ0v) is 12.4. The SMILES string of the molecule is CNc1nc(-c2cc3sccc3s2)nc2ccccc12. The van der Waals surface area contributed by atoms with Crippen LogP contribution in [0.2, 0.25) is 0 Å². The number of benzene rings is 1. The Hall–Kier alpha value is -1.98. The Balaban J connectivity index is 1.97. The Morgan fingerprint density at radius 2 is 1.95 bits per heavy atom. The van der Waals surface area contributed by atoms with Crippen LogP contribution < -0.4 is 5.32 Å². The van der Waals surface area contributed by atoms with Crippen molar-refractivity contribution in [3.05, 3.63) is 41.8 Å². The summed E-state index contributed by atoms with van der Waals surface area (Å²) in [7, 11) is 1.89. The van der Waals surface area contributed by atoms with Crippen LogP contribution in [0, 0.1) is 0 Å². The summed E-state index contributed by atoms with van der Waals surface area (Å²) >= 11 is 3.50. The molecule has 0 amide bonds.